The molecule has 1 aromatic heterocycles. The molecule has 0 aliphatic heterocycles. The van der Waals surface area contributed by atoms with E-state index < -0.39 is 30.3 Å². The van der Waals surface area contributed by atoms with Gasteiger partial charge in [0.15, 0.2) is 0 Å². The molecule has 0 aliphatic carbocycles. The molecule has 15 heavy (non-hydrogen) atoms. The van der Waals surface area contributed by atoms with E-state index in [-0.39, 0.29) is 5.82 Å². The highest BCUT2D eigenvalue weighted by Gasteiger charge is 2.13. The first-order valence-electron chi connectivity index (χ1n) is 3.91. The van der Waals surface area contributed by atoms with E-state index >= 15 is 0 Å². The van der Waals surface area contributed by atoms with Crippen molar-refractivity contribution in [3.8, 4) is 0 Å². The number of hydrogen-bond acceptors (Lipinski definition) is 3. The molecule has 4 nitrogen and oxygen atoms in total. The molecular formula is C8H7F3N2O2. The van der Waals surface area contributed by atoms with Crippen molar-refractivity contribution in [2.45, 2.75) is 6.43 Å². The summed E-state index contributed by atoms with van der Waals surface area (Å²) in [4.78, 5) is 14.0. The lowest BCUT2D eigenvalue weighted by atomic mass is 10.2. The van der Waals surface area contributed by atoms with Gasteiger partial charge in [-0.3, -0.25) is 0 Å². The summed E-state index contributed by atoms with van der Waals surface area (Å²) in [7, 11) is 0. The van der Waals surface area contributed by atoms with Gasteiger partial charge in [-0.15, -0.1) is 0 Å². The number of alkyl halides is 2. The molecule has 0 amide bonds. The van der Waals surface area contributed by atoms with Gasteiger partial charge in [-0.25, -0.2) is 22.9 Å². The van der Waals surface area contributed by atoms with Gasteiger partial charge in [0, 0.05) is 0 Å². The second kappa shape index (κ2) is 4.63. The van der Waals surface area contributed by atoms with E-state index in [0.717, 1.165) is 6.20 Å². The van der Waals surface area contributed by atoms with Crippen LogP contribution in [0.25, 0.3) is 0 Å². The number of aromatic nitrogens is 1. The third-order valence-electron chi connectivity index (χ3n) is 1.51. The zero-order valence-corrected chi connectivity index (χ0v) is 7.38. The summed E-state index contributed by atoms with van der Waals surface area (Å²) < 4.78 is 36.2. The lowest BCUT2D eigenvalue weighted by molar-refractivity contribution is 0.0696. The number of anilines is 1. The van der Waals surface area contributed by atoms with E-state index in [0.29, 0.717) is 6.07 Å². The molecule has 1 heterocycles. The molecule has 0 saturated carbocycles. The van der Waals surface area contributed by atoms with Crippen LogP contribution < -0.4 is 5.32 Å². The Labute approximate surface area is 82.7 Å². The molecule has 0 aromatic carbocycles. The number of carbonyl (C=O) groups is 1. The summed E-state index contributed by atoms with van der Waals surface area (Å²) in [5.41, 5.74) is -0.476. The van der Waals surface area contributed by atoms with E-state index in [2.05, 4.69) is 10.3 Å². The molecule has 1 aromatic rings. The largest absolute Gasteiger partial charge is 0.478 e. The van der Waals surface area contributed by atoms with Gasteiger partial charge in [0.05, 0.1) is 12.7 Å². The Morgan fingerprint density at radius 1 is 1.60 bits per heavy atom. The number of nitrogens with one attached hydrogen (secondary N) is 1. The Balaban J connectivity index is 2.91. The van der Waals surface area contributed by atoms with Crippen LogP contribution in [-0.4, -0.2) is 29.0 Å². The summed E-state index contributed by atoms with van der Waals surface area (Å²) in [5, 5.41) is 10.7. The molecule has 7 heteroatoms. The van der Waals surface area contributed by atoms with Crippen LogP contribution in [0.3, 0.4) is 0 Å². The molecule has 0 radical (unpaired) electrons. The molecule has 0 aliphatic rings. The van der Waals surface area contributed by atoms with Crippen LogP contribution in [0.15, 0.2) is 12.3 Å². The predicted molar refractivity (Wildman–Crippen MR) is 45.6 cm³/mol. The summed E-state index contributed by atoms with van der Waals surface area (Å²) in [6.45, 7) is -0.737. The van der Waals surface area contributed by atoms with E-state index in [1.807, 2.05) is 0 Å². The average molecular weight is 220 g/mol. The number of aromatic carboxylic acids is 1. The normalized spacial score (nSPS) is 10.4. The van der Waals surface area contributed by atoms with Gasteiger partial charge in [-0.2, -0.15) is 0 Å². The summed E-state index contributed by atoms with van der Waals surface area (Å²) in [6, 6.07) is 0.711. The number of hydrogen-bond donors (Lipinski definition) is 2. The maximum atomic E-state index is 12.6. The van der Waals surface area contributed by atoms with Gasteiger partial charge in [0.1, 0.15) is 17.2 Å². The highest BCUT2D eigenvalue weighted by Crippen LogP contribution is 2.13. The zero-order valence-electron chi connectivity index (χ0n) is 7.38. The Bertz CT molecular complexity index is 371. The fourth-order valence-corrected chi connectivity index (χ4v) is 0.917. The van der Waals surface area contributed by atoms with Gasteiger partial charge in [-0.05, 0) is 6.07 Å². The summed E-state index contributed by atoms with van der Waals surface area (Å²) in [6.07, 6.45) is -1.89. The first-order chi connectivity index (χ1) is 7.00. The minimum absolute atomic E-state index is 0.274. The fourth-order valence-electron chi connectivity index (χ4n) is 0.917. The minimum Gasteiger partial charge on any atom is -0.478 e. The monoisotopic (exact) mass is 220 g/mol. The molecule has 0 bridgehead atoms. The first-order valence-corrected chi connectivity index (χ1v) is 3.91. The highest BCUT2D eigenvalue weighted by atomic mass is 19.3. The van der Waals surface area contributed by atoms with Crippen LogP contribution in [0.5, 0.6) is 0 Å². The molecule has 0 spiro atoms. The van der Waals surface area contributed by atoms with Gasteiger partial charge >= 0.3 is 5.97 Å². The van der Waals surface area contributed by atoms with Crippen LogP contribution in [0, 0.1) is 5.82 Å². The lowest BCUT2D eigenvalue weighted by Crippen LogP contribution is -2.14. The number of nitrogens with zero attached hydrogens (tertiary/aromatic N) is 1. The van der Waals surface area contributed by atoms with Gasteiger partial charge < -0.3 is 10.4 Å². The van der Waals surface area contributed by atoms with Crippen molar-refractivity contribution in [1.82, 2.24) is 4.98 Å². The molecule has 0 fully saturated rings. The second-order valence-electron chi connectivity index (χ2n) is 2.63. The van der Waals surface area contributed by atoms with E-state index in [4.69, 9.17) is 5.11 Å². The van der Waals surface area contributed by atoms with Crippen LogP contribution in [-0.2, 0) is 0 Å². The Morgan fingerprint density at radius 3 is 2.80 bits per heavy atom. The minimum atomic E-state index is -2.64. The van der Waals surface area contributed by atoms with Crippen LogP contribution in [0.1, 0.15) is 10.4 Å². The van der Waals surface area contributed by atoms with E-state index in [9.17, 15) is 18.0 Å². The smallest absolute Gasteiger partial charge is 0.339 e. The standard InChI is InChI=1S/C8H7F3N2O2/c9-4-1-5(8(14)15)7(12-2-4)13-3-6(10)11/h1-2,6H,3H2,(H,12,13)(H,14,15). The number of rotatable bonds is 4. The van der Waals surface area contributed by atoms with Crippen molar-refractivity contribution in [3.05, 3.63) is 23.6 Å². The third-order valence-corrected chi connectivity index (χ3v) is 1.51. The number of carboxylic acid groups (broad SMARTS) is 1. The molecule has 0 atom stereocenters. The Hall–Kier alpha value is -1.79. The molecule has 82 valence electrons. The van der Waals surface area contributed by atoms with Crippen molar-refractivity contribution < 1.29 is 23.1 Å². The Morgan fingerprint density at radius 2 is 2.27 bits per heavy atom. The Kier molecular flexibility index (Phi) is 3.48. The van der Waals surface area contributed by atoms with Crippen molar-refractivity contribution >= 4 is 11.8 Å². The predicted octanol–water partition coefficient (Wildman–Crippen LogP) is 1.60. The summed E-state index contributed by atoms with van der Waals surface area (Å²) >= 11 is 0. The van der Waals surface area contributed by atoms with Crippen LogP contribution in [0.4, 0.5) is 19.0 Å². The molecule has 1 rings (SSSR count). The average Bonchev–Trinajstić information content (AvgIpc) is 2.15. The van der Waals surface area contributed by atoms with E-state index in [1.165, 1.54) is 0 Å². The topological polar surface area (TPSA) is 62.2 Å². The van der Waals surface area contributed by atoms with E-state index in [1.54, 1.807) is 0 Å². The zero-order chi connectivity index (χ0) is 11.4. The molecule has 2 N–H and O–H groups in total. The van der Waals surface area contributed by atoms with Crippen molar-refractivity contribution in [2.75, 3.05) is 11.9 Å². The van der Waals surface area contributed by atoms with Crippen molar-refractivity contribution in [1.29, 1.82) is 0 Å². The second-order valence-corrected chi connectivity index (χ2v) is 2.63. The first kappa shape index (κ1) is 11.3. The van der Waals surface area contributed by atoms with Crippen molar-refractivity contribution in [2.24, 2.45) is 0 Å². The number of pyridine rings is 1. The highest BCUT2D eigenvalue weighted by molar-refractivity contribution is 5.93. The lowest BCUT2D eigenvalue weighted by Gasteiger charge is -2.07. The van der Waals surface area contributed by atoms with Crippen LogP contribution in [0.2, 0.25) is 0 Å². The van der Waals surface area contributed by atoms with Gasteiger partial charge in [0.25, 0.3) is 6.43 Å². The number of halogens is 3. The maximum Gasteiger partial charge on any atom is 0.339 e. The van der Waals surface area contributed by atoms with Gasteiger partial charge in [-0.1, -0.05) is 0 Å². The molecule has 0 unspecified atom stereocenters. The molecule has 0 saturated heterocycles. The summed E-state index contributed by atoms with van der Waals surface area (Å²) in [5.74, 6) is -2.54. The quantitative estimate of drug-likeness (QED) is 0.808. The SMILES string of the molecule is O=C(O)c1cc(F)cnc1NCC(F)F. The fraction of sp³-hybridized carbons (Fsp3) is 0.250. The van der Waals surface area contributed by atoms with Crippen molar-refractivity contribution in [3.63, 3.8) is 0 Å². The third kappa shape index (κ3) is 3.12. The van der Waals surface area contributed by atoms with Crippen LogP contribution >= 0.6 is 0 Å². The molecular weight excluding hydrogens is 213 g/mol. The van der Waals surface area contributed by atoms with Gasteiger partial charge in [0.2, 0.25) is 0 Å². The number of carboxylic acids is 1. The maximum absolute atomic E-state index is 12.6.